The van der Waals surface area contributed by atoms with E-state index in [1.165, 1.54) is 5.56 Å². The summed E-state index contributed by atoms with van der Waals surface area (Å²) in [6.07, 6.45) is -3.93. The molecule has 0 aliphatic carbocycles. The fourth-order valence-electron chi connectivity index (χ4n) is 3.24. The Hall–Kier alpha value is -2.26. The monoisotopic (exact) mass is 414 g/mol. The van der Waals surface area contributed by atoms with Crippen molar-refractivity contribution in [3.63, 3.8) is 0 Å². The van der Waals surface area contributed by atoms with Crippen molar-refractivity contribution < 1.29 is 26.3 Å². The Morgan fingerprint density at radius 2 is 1.71 bits per heavy atom. The standard InChI is InChI=1S/C19H21F3N2O3S/c1-18(2,24-12-11-14-5-3-4-6-17(14)24)13-23-28(25,26)16-9-7-15(8-10-16)27-19(20,21)22/h3-10,23H,11-13H2,1-2H3. The molecule has 0 radical (unpaired) electrons. The molecule has 152 valence electrons. The third-order valence-electron chi connectivity index (χ3n) is 4.68. The van der Waals surface area contributed by atoms with E-state index in [4.69, 9.17) is 0 Å². The van der Waals surface area contributed by atoms with Crippen LogP contribution >= 0.6 is 0 Å². The van der Waals surface area contributed by atoms with Crippen LogP contribution in [0, 0.1) is 0 Å². The minimum atomic E-state index is -4.82. The van der Waals surface area contributed by atoms with Gasteiger partial charge in [-0.1, -0.05) is 18.2 Å². The Bertz CT molecular complexity index is 942. The molecule has 0 unspecified atom stereocenters. The van der Waals surface area contributed by atoms with Crippen LogP contribution < -0.4 is 14.4 Å². The number of hydrogen-bond donors (Lipinski definition) is 1. The number of benzene rings is 2. The Labute approximate surface area is 162 Å². The van der Waals surface area contributed by atoms with Crippen molar-refractivity contribution in [2.75, 3.05) is 18.0 Å². The summed E-state index contributed by atoms with van der Waals surface area (Å²) in [5, 5.41) is 0. The summed E-state index contributed by atoms with van der Waals surface area (Å²) in [7, 11) is -3.87. The molecule has 0 saturated heterocycles. The molecule has 5 nitrogen and oxygen atoms in total. The molecule has 1 aliphatic rings. The van der Waals surface area contributed by atoms with Gasteiger partial charge in [0.2, 0.25) is 10.0 Å². The van der Waals surface area contributed by atoms with Crippen LogP contribution in [0.1, 0.15) is 19.4 Å². The van der Waals surface area contributed by atoms with Crippen LogP contribution in [0.3, 0.4) is 0 Å². The largest absolute Gasteiger partial charge is 0.573 e. The van der Waals surface area contributed by atoms with Crippen LogP contribution in [0.4, 0.5) is 18.9 Å². The molecule has 0 amide bonds. The lowest BCUT2D eigenvalue weighted by Gasteiger charge is -2.38. The molecular formula is C19H21F3N2O3S. The number of fused-ring (bicyclic) bond motifs is 1. The first-order valence-electron chi connectivity index (χ1n) is 8.69. The summed E-state index contributed by atoms with van der Waals surface area (Å²) >= 11 is 0. The molecule has 1 N–H and O–H groups in total. The molecule has 3 rings (SSSR count). The van der Waals surface area contributed by atoms with E-state index in [0.717, 1.165) is 42.9 Å². The van der Waals surface area contributed by atoms with Gasteiger partial charge in [-0.3, -0.25) is 0 Å². The summed E-state index contributed by atoms with van der Waals surface area (Å²) in [5.41, 5.74) is 1.82. The van der Waals surface area contributed by atoms with Crippen molar-refractivity contribution in [2.24, 2.45) is 0 Å². The molecule has 0 saturated carbocycles. The SMILES string of the molecule is CC(C)(CNS(=O)(=O)c1ccc(OC(F)(F)F)cc1)N1CCc2ccccc21. The number of hydrogen-bond acceptors (Lipinski definition) is 4. The minimum absolute atomic E-state index is 0.125. The Morgan fingerprint density at radius 1 is 1.07 bits per heavy atom. The van der Waals surface area contributed by atoms with Crippen LogP contribution in [0.25, 0.3) is 0 Å². The molecule has 0 aromatic heterocycles. The Balaban J connectivity index is 1.69. The molecule has 1 aliphatic heterocycles. The number of halogens is 3. The van der Waals surface area contributed by atoms with Gasteiger partial charge >= 0.3 is 6.36 Å². The second kappa shape index (κ2) is 7.29. The highest BCUT2D eigenvalue weighted by molar-refractivity contribution is 7.89. The minimum Gasteiger partial charge on any atom is -0.406 e. The zero-order valence-electron chi connectivity index (χ0n) is 15.5. The maximum absolute atomic E-state index is 12.5. The average Bonchev–Trinajstić information content (AvgIpc) is 3.04. The number of rotatable bonds is 6. The van der Waals surface area contributed by atoms with E-state index < -0.39 is 27.7 Å². The molecule has 0 atom stereocenters. The molecule has 9 heteroatoms. The van der Waals surface area contributed by atoms with E-state index in [1.54, 1.807) is 0 Å². The Kier molecular flexibility index (Phi) is 5.33. The number of alkyl halides is 3. The van der Waals surface area contributed by atoms with Gasteiger partial charge in [0.15, 0.2) is 0 Å². The third-order valence-corrected chi connectivity index (χ3v) is 6.10. The normalized spacial score (nSPS) is 14.8. The van der Waals surface area contributed by atoms with Gasteiger partial charge in [-0.05, 0) is 56.2 Å². The van der Waals surface area contributed by atoms with E-state index in [2.05, 4.69) is 20.4 Å². The van der Waals surface area contributed by atoms with E-state index in [9.17, 15) is 21.6 Å². The van der Waals surface area contributed by atoms with E-state index in [1.807, 2.05) is 32.0 Å². The van der Waals surface area contributed by atoms with Crippen molar-refractivity contribution in [2.45, 2.75) is 37.1 Å². The van der Waals surface area contributed by atoms with E-state index >= 15 is 0 Å². The van der Waals surface area contributed by atoms with Crippen molar-refractivity contribution in [3.8, 4) is 5.75 Å². The summed E-state index contributed by atoms with van der Waals surface area (Å²) in [5.74, 6) is -0.472. The average molecular weight is 414 g/mol. The molecule has 0 bridgehead atoms. The number of ether oxygens (including phenoxy) is 1. The number of sulfonamides is 1. The molecule has 1 heterocycles. The zero-order valence-corrected chi connectivity index (χ0v) is 16.3. The maximum atomic E-state index is 12.5. The maximum Gasteiger partial charge on any atom is 0.573 e. The lowest BCUT2D eigenvalue weighted by Crippen LogP contribution is -2.51. The lowest BCUT2D eigenvalue weighted by molar-refractivity contribution is -0.274. The molecule has 0 spiro atoms. The number of nitrogens with zero attached hydrogens (tertiary/aromatic N) is 1. The molecular weight excluding hydrogens is 393 g/mol. The summed E-state index contributed by atoms with van der Waals surface area (Å²) in [4.78, 5) is 2.03. The fourth-order valence-corrected chi connectivity index (χ4v) is 4.44. The van der Waals surface area contributed by atoms with Crippen LogP contribution in [-0.2, 0) is 16.4 Å². The smallest absolute Gasteiger partial charge is 0.406 e. The Morgan fingerprint density at radius 3 is 2.36 bits per heavy atom. The topological polar surface area (TPSA) is 58.6 Å². The lowest BCUT2D eigenvalue weighted by atomic mass is 10.0. The van der Waals surface area contributed by atoms with Crippen LogP contribution in [0.5, 0.6) is 5.75 Å². The van der Waals surface area contributed by atoms with Crippen LogP contribution in [-0.4, -0.2) is 33.4 Å². The first kappa shape index (κ1) is 20.5. The number of anilines is 1. The molecule has 2 aromatic rings. The predicted molar refractivity (Wildman–Crippen MR) is 99.9 cm³/mol. The van der Waals surface area contributed by atoms with Gasteiger partial charge in [-0.2, -0.15) is 0 Å². The van der Waals surface area contributed by atoms with Gasteiger partial charge in [0.1, 0.15) is 5.75 Å². The van der Waals surface area contributed by atoms with Gasteiger partial charge in [-0.25, -0.2) is 13.1 Å². The van der Waals surface area contributed by atoms with Crippen LogP contribution in [0.15, 0.2) is 53.4 Å². The first-order chi connectivity index (χ1) is 13.0. The second-order valence-corrected chi connectivity index (χ2v) is 8.95. The first-order valence-corrected chi connectivity index (χ1v) is 10.2. The van der Waals surface area contributed by atoms with E-state index in [-0.39, 0.29) is 11.4 Å². The quantitative estimate of drug-likeness (QED) is 0.783. The molecule has 2 aromatic carbocycles. The second-order valence-electron chi connectivity index (χ2n) is 7.19. The van der Waals surface area contributed by atoms with Crippen molar-refractivity contribution in [1.82, 2.24) is 4.72 Å². The fraction of sp³-hybridized carbons (Fsp3) is 0.368. The third kappa shape index (κ3) is 4.59. The molecule has 0 fully saturated rings. The van der Waals surface area contributed by atoms with E-state index in [0.29, 0.717) is 0 Å². The number of nitrogens with one attached hydrogen (secondary N) is 1. The highest BCUT2D eigenvalue weighted by atomic mass is 32.2. The highest BCUT2D eigenvalue weighted by Crippen LogP contribution is 2.33. The van der Waals surface area contributed by atoms with Crippen molar-refractivity contribution >= 4 is 15.7 Å². The van der Waals surface area contributed by atoms with Gasteiger partial charge in [0.05, 0.1) is 4.90 Å². The zero-order chi connectivity index (χ0) is 20.6. The summed E-state index contributed by atoms with van der Waals surface area (Å²) in [6.45, 7) is 4.82. The van der Waals surface area contributed by atoms with Gasteiger partial charge < -0.3 is 9.64 Å². The predicted octanol–water partition coefficient (Wildman–Crippen LogP) is 3.70. The number of para-hydroxylation sites is 1. The van der Waals surface area contributed by atoms with Gasteiger partial charge in [-0.15, -0.1) is 13.2 Å². The van der Waals surface area contributed by atoms with Gasteiger partial charge in [0.25, 0.3) is 0 Å². The molecule has 28 heavy (non-hydrogen) atoms. The summed E-state index contributed by atoms with van der Waals surface area (Å²) < 4.78 is 68.1. The van der Waals surface area contributed by atoms with Crippen molar-refractivity contribution in [3.05, 3.63) is 54.1 Å². The van der Waals surface area contributed by atoms with Gasteiger partial charge in [0, 0.05) is 24.3 Å². The van der Waals surface area contributed by atoms with Crippen molar-refractivity contribution in [1.29, 1.82) is 0 Å². The summed E-state index contributed by atoms with van der Waals surface area (Å²) in [6, 6.07) is 12.1. The van der Waals surface area contributed by atoms with Crippen LogP contribution in [0.2, 0.25) is 0 Å². The highest BCUT2D eigenvalue weighted by Gasteiger charge is 2.33.